The van der Waals surface area contributed by atoms with Crippen LogP contribution in [0, 0.1) is 0 Å². The molecule has 0 aromatic heterocycles. The van der Waals surface area contributed by atoms with E-state index < -0.39 is 33.7 Å². The zero-order valence-corrected chi connectivity index (χ0v) is 20.9. The molecular weight excluding hydrogens is 464 g/mol. The number of ether oxygens (including phenoxy) is 1. The second-order valence-electron chi connectivity index (χ2n) is 8.80. The molecule has 9 heteroatoms. The number of hydrogen-bond donors (Lipinski definition) is 2. The summed E-state index contributed by atoms with van der Waals surface area (Å²) in [6.07, 6.45) is -0.178. The van der Waals surface area contributed by atoms with Gasteiger partial charge in [-0.1, -0.05) is 54.9 Å². The second kappa shape index (κ2) is 11.5. The number of sulfonamides is 1. The Labute approximate surface area is 200 Å². The Kier molecular flexibility index (Phi) is 9.31. The van der Waals surface area contributed by atoms with Crippen LogP contribution in [0.1, 0.15) is 46.1 Å². The predicted octanol–water partition coefficient (Wildman–Crippen LogP) is 4.69. The lowest BCUT2D eigenvalue weighted by atomic mass is 9.99. The van der Waals surface area contributed by atoms with Crippen LogP contribution in [0.15, 0.2) is 48.5 Å². The van der Waals surface area contributed by atoms with Crippen molar-refractivity contribution < 1.29 is 22.7 Å². The van der Waals surface area contributed by atoms with E-state index in [1.807, 2.05) is 42.5 Å². The van der Waals surface area contributed by atoms with Gasteiger partial charge in [-0.15, -0.1) is 0 Å². The molecule has 2 amide bonds. The number of carbonyl (C=O) groups is 2. The van der Waals surface area contributed by atoms with Crippen LogP contribution in [-0.2, 0) is 26.0 Å². The zero-order chi connectivity index (χ0) is 24.6. The quantitative estimate of drug-likeness (QED) is 0.526. The minimum absolute atomic E-state index is 0.145. The van der Waals surface area contributed by atoms with Crippen LogP contribution in [0.2, 0.25) is 5.02 Å². The van der Waals surface area contributed by atoms with E-state index in [0.29, 0.717) is 17.9 Å². The number of rotatable bonds is 9. The lowest BCUT2D eigenvalue weighted by Crippen LogP contribution is -2.44. The van der Waals surface area contributed by atoms with Crippen LogP contribution in [0.5, 0.6) is 0 Å². The lowest BCUT2D eigenvalue weighted by molar-refractivity contribution is -0.119. The number of alkyl carbamates (subject to hydrolysis) is 1. The van der Waals surface area contributed by atoms with E-state index in [2.05, 4.69) is 10.0 Å². The Bertz CT molecular complexity index is 1060. The molecule has 7 nitrogen and oxygen atoms in total. The maximum absolute atomic E-state index is 12.4. The average molecular weight is 495 g/mol. The fourth-order valence-corrected chi connectivity index (χ4v) is 4.45. The molecule has 33 heavy (non-hydrogen) atoms. The molecule has 0 saturated carbocycles. The van der Waals surface area contributed by atoms with Gasteiger partial charge in [-0.2, -0.15) is 0 Å². The Morgan fingerprint density at radius 1 is 1.06 bits per heavy atom. The summed E-state index contributed by atoms with van der Waals surface area (Å²) in [6.45, 7) is 6.92. The maximum atomic E-state index is 12.4. The van der Waals surface area contributed by atoms with E-state index in [-0.39, 0.29) is 12.2 Å². The van der Waals surface area contributed by atoms with E-state index in [4.69, 9.17) is 16.3 Å². The molecular formula is C24H31ClN2O5S. The number of amides is 2. The lowest BCUT2D eigenvalue weighted by Gasteiger charge is -2.23. The molecule has 0 heterocycles. The third kappa shape index (κ3) is 9.84. The Morgan fingerprint density at radius 2 is 1.73 bits per heavy atom. The van der Waals surface area contributed by atoms with Crippen molar-refractivity contribution in [1.82, 2.24) is 10.0 Å². The molecule has 2 aromatic rings. The van der Waals surface area contributed by atoms with E-state index in [1.54, 1.807) is 33.8 Å². The molecule has 0 spiro atoms. The predicted molar refractivity (Wildman–Crippen MR) is 131 cm³/mol. The Hall–Kier alpha value is -2.58. The smallest absolute Gasteiger partial charge is 0.407 e. The highest BCUT2D eigenvalue weighted by molar-refractivity contribution is 7.90. The van der Waals surface area contributed by atoms with Crippen LogP contribution >= 0.6 is 11.6 Å². The highest BCUT2D eigenvalue weighted by Crippen LogP contribution is 2.23. The summed E-state index contributed by atoms with van der Waals surface area (Å²) in [5.41, 5.74) is 2.10. The van der Waals surface area contributed by atoms with Crippen molar-refractivity contribution in [2.45, 2.75) is 58.6 Å². The SMILES string of the molecule is CCCS(=O)(=O)NC(=O)CC(Cc1ccc(-c2cccc(Cl)c2)cc1)NC(=O)OC(C)(C)C. The van der Waals surface area contributed by atoms with E-state index in [9.17, 15) is 18.0 Å². The van der Waals surface area contributed by atoms with Crippen LogP contribution < -0.4 is 10.0 Å². The van der Waals surface area contributed by atoms with Gasteiger partial charge < -0.3 is 10.1 Å². The number of halogens is 1. The molecule has 1 atom stereocenters. The van der Waals surface area contributed by atoms with E-state index >= 15 is 0 Å². The average Bonchev–Trinajstić information content (AvgIpc) is 2.66. The molecule has 0 bridgehead atoms. The van der Waals surface area contributed by atoms with Crippen LogP contribution in [0.3, 0.4) is 0 Å². The first-order chi connectivity index (χ1) is 15.4. The van der Waals surface area contributed by atoms with Gasteiger partial charge >= 0.3 is 6.09 Å². The van der Waals surface area contributed by atoms with Crippen molar-refractivity contribution in [3.8, 4) is 11.1 Å². The van der Waals surface area contributed by atoms with Crippen molar-refractivity contribution >= 4 is 33.6 Å². The molecule has 0 aliphatic rings. The number of benzene rings is 2. The molecule has 1 unspecified atom stereocenters. The van der Waals surface area contributed by atoms with Gasteiger partial charge in [-0.3, -0.25) is 9.52 Å². The second-order valence-corrected chi connectivity index (χ2v) is 11.1. The summed E-state index contributed by atoms with van der Waals surface area (Å²) < 4.78 is 31.2. The first kappa shape index (κ1) is 26.7. The van der Waals surface area contributed by atoms with Gasteiger partial charge in [0.15, 0.2) is 0 Å². The van der Waals surface area contributed by atoms with E-state index in [0.717, 1.165) is 16.7 Å². The van der Waals surface area contributed by atoms with Gasteiger partial charge in [0.1, 0.15) is 5.60 Å². The van der Waals surface area contributed by atoms with Crippen molar-refractivity contribution in [1.29, 1.82) is 0 Å². The fraction of sp³-hybridized carbons (Fsp3) is 0.417. The molecule has 0 saturated heterocycles. The minimum Gasteiger partial charge on any atom is -0.444 e. The molecule has 0 radical (unpaired) electrons. The van der Waals surface area contributed by atoms with Gasteiger partial charge in [0.05, 0.1) is 5.75 Å². The monoisotopic (exact) mass is 494 g/mol. The first-order valence-electron chi connectivity index (χ1n) is 10.7. The Balaban J connectivity index is 2.15. The molecule has 2 N–H and O–H groups in total. The normalized spacial score (nSPS) is 12.6. The minimum atomic E-state index is -3.70. The van der Waals surface area contributed by atoms with Gasteiger partial charge in [0, 0.05) is 17.5 Å². The molecule has 0 fully saturated rings. The van der Waals surface area contributed by atoms with Crippen LogP contribution in [-0.4, -0.2) is 37.8 Å². The van der Waals surface area contributed by atoms with E-state index in [1.165, 1.54) is 0 Å². The van der Waals surface area contributed by atoms with Gasteiger partial charge in [0.25, 0.3) is 0 Å². The van der Waals surface area contributed by atoms with Gasteiger partial charge in [0.2, 0.25) is 15.9 Å². The number of carbonyl (C=O) groups excluding carboxylic acids is 2. The Morgan fingerprint density at radius 3 is 2.30 bits per heavy atom. The third-order valence-electron chi connectivity index (χ3n) is 4.49. The molecule has 180 valence electrons. The van der Waals surface area contributed by atoms with Gasteiger partial charge in [-0.05, 0) is 62.4 Å². The summed E-state index contributed by atoms with van der Waals surface area (Å²) in [5, 5.41) is 3.33. The molecule has 0 aliphatic heterocycles. The summed E-state index contributed by atoms with van der Waals surface area (Å²) in [6, 6.07) is 14.5. The summed E-state index contributed by atoms with van der Waals surface area (Å²) in [5.74, 6) is -0.825. The van der Waals surface area contributed by atoms with Crippen molar-refractivity contribution in [3.05, 3.63) is 59.1 Å². The first-order valence-corrected chi connectivity index (χ1v) is 12.8. The standard InChI is InChI=1S/C24H31ClN2O5S/c1-5-13-33(30,31)27-22(28)16-21(26-23(29)32-24(2,3)4)14-17-9-11-18(12-10-17)19-7-6-8-20(25)15-19/h6-12,15,21H,5,13-14,16H2,1-4H3,(H,26,29)(H,27,28). The topological polar surface area (TPSA) is 102 Å². The van der Waals surface area contributed by atoms with Crippen LogP contribution in [0.4, 0.5) is 4.79 Å². The summed E-state index contributed by atoms with van der Waals surface area (Å²) in [4.78, 5) is 24.7. The third-order valence-corrected chi connectivity index (χ3v) is 6.21. The largest absolute Gasteiger partial charge is 0.444 e. The molecule has 2 rings (SSSR count). The summed E-state index contributed by atoms with van der Waals surface area (Å²) in [7, 11) is -3.70. The summed E-state index contributed by atoms with van der Waals surface area (Å²) >= 11 is 6.07. The van der Waals surface area contributed by atoms with Crippen LogP contribution in [0.25, 0.3) is 11.1 Å². The van der Waals surface area contributed by atoms with Crippen molar-refractivity contribution in [2.75, 3.05) is 5.75 Å². The van der Waals surface area contributed by atoms with Crippen molar-refractivity contribution in [3.63, 3.8) is 0 Å². The highest BCUT2D eigenvalue weighted by Gasteiger charge is 2.23. The number of hydrogen-bond acceptors (Lipinski definition) is 5. The fourth-order valence-electron chi connectivity index (χ4n) is 3.19. The van der Waals surface area contributed by atoms with Crippen molar-refractivity contribution in [2.24, 2.45) is 0 Å². The van der Waals surface area contributed by atoms with Gasteiger partial charge in [-0.25, -0.2) is 13.2 Å². The molecule has 2 aromatic carbocycles. The maximum Gasteiger partial charge on any atom is 0.407 e. The highest BCUT2D eigenvalue weighted by atomic mass is 35.5. The molecule has 0 aliphatic carbocycles. The zero-order valence-electron chi connectivity index (χ0n) is 19.4. The number of nitrogens with one attached hydrogen (secondary N) is 2.